The van der Waals surface area contributed by atoms with E-state index in [1.165, 1.54) is 6.20 Å². The zero-order valence-corrected chi connectivity index (χ0v) is 12.9. The fourth-order valence-corrected chi connectivity index (χ4v) is 2.00. The average Bonchev–Trinajstić information content (AvgIpc) is 2.60. The van der Waals surface area contributed by atoms with Gasteiger partial charge in [-0.05, 0) is 37.1 Å². The fourth-order valence-electron chi connectivity index (χ4n) is 2.00. The van der Waals surface area contributed by atoms with Gasteiger partial charge in [-0.2, -0.15) is 0 Å². The lowest BCUT2D eigenvalue weighted by atomic mass is 10.1. The van der Waals surface area contributed by atoms with E-state index in [1.807, 2.05) is 31.2 Å². The highest BCUT2D eigenvalue weighted by Crippen LogP contribution is 2.19. The van der Waals surface area contributed by atoms with Crippen LogP contribution in [0.3, 0.4) is 0 Å². The minimum atomic E-state index is -0.450. The molecular weight excluding hydrogens is 294 g/mol. The van der Waals surface area contributed by atoms with Gasteiger partial charge in [0.05, 0.1) is 6.61 Å². The van der Waals surface area contributed by atoms with Crippen molar-refractivity contribution < 1.29 is 14.3 Å². The first-order valence-corrected chi connectivity index (χ1v) is 7.41. The number of hydrazine groups is 1. The summed E-state index contributed by atoms with van der Waals surface area (Å²) >= 11 is 0. The number of benzene rings is 1. The number of ether oxygens (including phenoxy) is 1. The maximum Gasteiger partial charge on any atom is 0.288 e. The van der Waals surface area contributed by atoms with E-state index in [-0.39, 0.29) is 18.0 Å². The SMILES string of the molecule is CCOc1ccccc1CCC(=O)NNC(=O)c1ccccn1. The number of hydrogen-bond acceptors (Lipinski definition) is 4. The Morgan fingerprint density at radius 1 is 1.09 bits per heavy atom. The molecule has 0 fully saturated rings. The van der Waals surface area contributed by atoms with Gasteiger partial charge in [0.25, 0.3) is 5.91 Å². The van der Waals surface area contributed by atoms with Gasteiger partial charge in [0.15, 0.2) is 0 Å². The van der Waals surface area contributed by atoms with Gasteiger partial charge in [-0.3, -0.25) is 25.4 Å². The highest BCUT2D eigenvalue weighted by molar-refractivity contribution is 5.93. The second-order valence-corrected chi connectivity index (χ2v) is 4.76. The Hall–Kier alpha value is -2.89. The number of aromatic nitrogens is 1. The largest absolute Gasteiger partial charge is 0.494 e. The van der Waals surface area contributed by atoms with Gasteiger partial charge in [-0.15, -0.1) is 0 Å². The van der Waals surface area contributed by atoms with E-state index < -0.39 is 5.91 Å². The molecule has 2 amide bonds. The number of para-hydroxylation sites is 1. The number of aryl methyl sites for hydroxylation is 1. The van der Waals surface area contributed by atoms with E-state index in [4.69, 9.17) is 4.74 Å². The summed E-state index contributed by atoms with van der Waals surface area (Å²) < 4.78 is 5.52. The second-order valence-electron chi connectivity index (χ2n) is 4.76. The number of carbonyl (C=O) groups is 2. The van der Waals surface area contributed by atoms with Crippen LogP contribution in [0.4, 0.5) is 0 Å². The van der Waals surface area contributed by atoms with Crippen LogP contribution in [0.15, 0.2) is 48.7 Å². The van der Waals surface area contributed by atoms with Crippen molar-refractivity contribution in [1.29, 1.82) is 0 Å². The first-order valence-electron chi connectivity index (χ1n) is 7.41. The van der Waals surface area contributed by atoms with Crippen LogP contribution < -0.4 is 15.6 Å². The van der Waals surface area contributed by atoms with E-state index in [2.05, 4.69) is 15.8 Å². The van der Waals surface area contributed by atoms with Crippen molar-refractivity contribution in [2.45, 2.75) is 19.8 Å². The molecule has 2 aromatic rings. The number of carbonyl (C=O) groups excluding carboxylic acids is 2. The van der Waals surface area contributed by atoms with Crippen LogP contribution in [0.1, 0.15) is 29.4 Å². The molecule has 0 aliphatic rings. The Bertz CT molecular complexity index is 659. The third-order valence-electron chi connectivity index (χ3n) is 3.11. The van der Waals surface area contributed by atoms with E-state index in [0.717, 1.165) is 11.3 Å². The summed E-state index contributed by atoms with van der Waals surface area (Å²) in [5, 5.41) is 0. The van der Waals surface area contributed by atoms with Crippen molar-refractivity contribution >= 4 is 11.8 Å². The molecule has 120 valence electrons. The van der Waals surface area contributed by atoms with Crippen LogP contribution in [-0.2, 0) is 11.2 Å². The first kappa shape index (κ1) is 16.5. The summed E-state index contributed by atoms with van der Waals surface area (Å²) in [6.07, 6.45) is 2.29. The summed E-state index contributed by atoms with van der Waals surface area (Å²) in [4.78, 5) is 27.5. The summed E-state index contributed by atoms with van der Waals surface area (Å²) in [5.74, 6) is 0.0505. The Balaban J connectivity index is 1.81. The van der Waals surface area contributed by atoms with Crippen LogP contribution in [0.2, 0.25) is 0 Å². The lowest BCUT2D eigenvalue weighted by Crippen LogP contribution is -2.42. The number of nitrogens with one attached hydrogen (secondary N) is 2. The molecule has 1 aromatic carbocycles. The Morgan fingerprint density at radius 3 is 2.61 bits per heavy atom. The van der Waals surface area contributed by atoms with Gasteiger partial charge < -0.3 is 4.74 Å². The van der Waals surface area contributed by atoms with E-state index in [9.17, 15) is 9.59 Å². The molecule has 0 radical (unpaired) electrons. The van der Waals surface area contributed by atoms with Crippen molar-refractivity contribution in [3.05, 3.63) is 59.9 Å². The molecule has 23 heavy (non-hydrogen) atoms. The third kappa shape index (κ3) is 5.10. The summed E-state index contributed by atoms with van der Waals surface area (Å²) in [5.41, 5.74) is 5.93. The molecule has 1 aromatic heterocycles. The van der Waals surface area contributed by atoms with Crippen molar-refractivity contribution in [2.24, 2.45) is 0 Å². The maximum atomic E-state index is 11.8. The topological polar surface area (TPSA) is 80.3 Å². The first-order chi connectivity index (χ1) is 11.2. The molecule has 0 bridgehead atoms. The predicted molar refractivity (Wildman–Crippen MR) is 85.8 cm³/mol. The lowest BCUT2D eigenvalue weighted by Gasteiger charge is -2.10. The highest BCUT2D eigenvalue weighted by Gasteiger charge is 2.09. The summed E-state index contributed by atoms with van der Waals surface area (Å²) in [6, 6.07) is 12.6. The molecule has 0 spiro atoms. The van der Waals surface area contributed by atoms with Crippen molar-refractivity contribution in [2.75, 3.05) is 6.61 Å². The molecule has 0 saturated heterocycles. The minimum absolute atomic E-state index is 0.243. The zero-order chi connectivity index (χ0) is 16.5. The van der Waals surface area contributed by atoms with Crippen LogP contribution >= 0.6 is 0 Å². The Morgan fingerprint density at radius 2 is 1.87 bits per heavy atom. The van der Waals surface area contributed by atoms with Crippen molar-refractivity contribution in [3.8, 4) is 5.75 Å². The van der Waals surface area contributed by atoms with E-state index in [1.54, 1.807) is 18.2 Å². The van der Waals surface area contributed by atoms with Gasteiger partial charge in [-0.25, -0.2) is 0 Å². The molecule has 1 heterocycles. The predicted octanol–water partition coefficient (Wildman–Crippen LogP) is 1.87. The summed E-state index contributed by atoms with van der Waals surface area (Å²) in [7, 11) is 0. The highest BCUT2D eigenvalue weighted by atomic mass is 16.5. The van der Waals surface area contributed by atoms with Gasteiger partial charge in [0.2, 0.25) is 5.91 Å². The van der Waals surface area contributed by atoms with Crippen molar-refractivity contribution in [3.63, 3.8) is 0 Å². The van der Waals surface area contributed by atoms with Crippen LogP contribution in [0, 0.1) is 0 Å². The van der Waals surface area contributed by atoms with Gasteiger partial charge in [0, 0.05) is 12.6 Å². The zero-order valence-electron chi connectivity index (χ0n) is 12.9. The van der Waals surface area contributed by atoms with Crippen LogP contribution in [0.5, 0.6) is 5.75 Å². The molecule has 6 nitrogen and oxygen atoms in total. The van der Waals surface area contributed by atoms with Crippen LogP contribution in [0.25, 0.3) is 0 Å². The van der Waals surface area contributed by atoms with Gasteiger partial charge in [-0.1, -0.05) is 24.3 Å². The number of amides is 2. The van der Waals surface area contributed by atoms with E-state index >= 15 is 0 Å². The lowest BCUT2D eigenvalue weighted by molar-refractivity contribution is -0.121. The number of pyridine rings is 1. The molecule has 2 N–H and O–H groups in total. The van der Waals surface area contributed by atoms with Gasteiger partial charge in [0.1, 0.15) is 11.4 Å². The standard InChI is InChI=1S/C17H19N3O3/c1-2-23-15-9-4-3-7-13(15)10-11-16(21)19-20-17(22)14-8-5-6-12-18-14/h3-9,12H,2,10-11H2,1H3,(H,19,21)(H,20,22). The van der Waals surface area contributed by atoms with Gasteiger partial charge >= 0.3 is 0 Å². The second kappa shape index (κ2) is 8.53. The average molecular weight is 313 g/mol. The monoisotopic (exact) mass is 313 g/mol. The molecule has 0 aliphatic heterocycles. The number of rotatable bonds is 6. The molecule has 6 heteroatoms. The molecule has 0 aliphatic carbocycles. The Kier molecular flexibility index (Phi) is 6.11. The molecule has 2 rings (SSSR count). The van der Waals surface area contributed by atoms with Crippen molar-refractivity contribution in [1.82, 2.24) is 15.8 Å². The third-order valence-corrected chi connectivity index (χ3v) is 3.11. The number of nitrogens with zero attached hydrogens (tertiary/aromatic N) is 1. The normalized spacial score (nSPS) is 9.96. The minimum Gasteiger partial charge on any atom is -0.494 e. The fraction of sp³-hybridized carbons (Fsp3) is 0.235. The maximum absolute atomic E-state index is 11.8. The molecular formula is C17H19N3O3. The van der Waals surface area contributed by atoms with Crippen LogP contribution in [-0.4, -0.2) is 23.4 Å². The summed E-state index contributed by atoms with van der Waals surface area (Å²) in [6.45, 7) is 2.49. The molecule has 0 saturated carbocycles. The molecule has 0 atom stereocenters. The Labute approximate surface area is 134 Å². The van der Waals surface area contributed by atoms with E-state index in [0.29, 0.717) is 13.0 Å². The number of hydrogen-bond donors (Lipinski definition) is 2. The smallest absolute Gasteiger partial charge is 0.288 e. The quantitative estimate of drug-likeness (QED) is 0.798. The molecule has 0 unspecified atom stereocenters.